The van der Waals surface area contributed by atoms with Gasteiger partial charge >= 0.3 is 0 Å². The third-order valence-corrected chi connectivity index (χ3v) is 2.74. The predicted octanol–water partition coefficient (Wildman–Crippen LogP) is 1.98. The van der Waals surface area contributed by atoms with Gasteiger partial charge in [-0.25, -0.2) is 4.39 Å². The van der Waals surface area contributed by atoms with Gasteiger partial charge in [-0.05, 0) is 18.2 Å². The summed E-state index contributed by atoms with van der Waals surface area (Å²) in [6.45, 7) is 0. The summed E-state index contributed by atoms with van der Waals surface area (Å²) in [4.78, 5) is 0. The van der Waals surface area contributed by atoms with Crippen LogP contribution in [0.25, 0.3) is 0 Å². The van der Waals surface area contributed by atoms with E-state index in [0.717, 1.165) is 0 Å². The van der Waals surface area contributed by atoms with Crippen molar-refractivity contribution in [2.75, 3.05) is 5.73 Å². The summed E-state index contributed by atoms with van der Waals surface area (Å²) < 4.78 is 14.2. The molecule has 0 bridgehead atoms. The first-order valence-electron chi connectivity index (χ1n) is 4.51. The number of nitrogen functional groups attached to an aromatic ring is 1. The molecule has 0 spiro atoms. The molecule has 0 aliphatic rings. The molecule has 0 aliphatic carbocycles. The fourth-order valence-corrected chi connectivity index (χ4v) is 1.79. The highest BCUT2D eigenvalue weighted by molar-refractivity contribution is 9.10. The van der Waals surface area contributed by atoms with Gasteiger partial charge in [0.15, 0.2) is 0 Å². The molecule has 0 fully saturated rings. The topological polar surface area (TPSA) is 74.9 Å². The van der Waals surface area contributed by atoms with E-state index in [9.17, 15) is 9.50 Å². The minimum absolute atomic E-state index is 0.155. The predicted molar refractivity (Wildman–Crippen MR) is 61.2 cm³/mol. The van der Waals surface area contributed by atoms with Gasteiger partial charge in [0.25, 0.3) is 0 Å². The number of rotatable bonds is 2. The number of nitrogens with zero attached hydrogens (tertiary/aromatic N) is 1. The van der Waals surface area contributed by atoms with Gasteiger partial charge in [-0.15, -0.1) is 0 Å². The number of hydrogen-bond donors (Lipinski definition) is 3. The van der Waals surface area contributed by atoms with E-state index in [-0.39, 0.29) is 11.4 Å². The molecule has 6 heteroatoms. The highest BCUT2D eigenvalue weighted by Gasteiger charge is 2.18. The lowest BCUT2D eigenvalue weighted by molar-refractivity contribution is 0.215. The van der Waals surface area contributed by atoms with Crippen LogP contribution in [0.2, 0.25) is 0 Å². The summed E-state index contributed by atoms with van der Waals surface area (Å²) in [6, 6.07) is 4.34. The lowest BCUT2D eigenvalue weighted by Gasteiger charge is -2.11. The number of nitrogens with one attached hydrogen (secondary N) is 1. The van der Waals surface area contributed by atoms with Crippen LogP contribution in [0.1, 0.15) is 17.2 Å². The normalized spacial score (nSPS) is 12.7. The van der Waals surface area contributed by atoms with E-state index < -0.39 is 11.9 Å². The van der Waals surface area contributed by atoms with E-state index in [0.29, 0.717) is 10.0 Å². The summed E-state index contributed by atoms with van der Waals surface area (Å²) in [6.07, 6.45) is 0.247. The maximum absolute atomic E-state index is 13.5. The van der Waals surface area contributed by atoms with Crippen LogP contribution in [0.5, 0.6) is 0 Å². The van der Waals surface area contributed by atoms with Gasteiger partial charge in [0.05, 0.1) is 6.20 Å². The maximum Gasteiger partial charge on any atom is 0.129 e. The van der Waals surface area contributed by atoms with Crippen molar-refractivity contribution in [3.63, 3.8) is 0 Å². The Bertz CT molecular complexity index is 515. The van der Waals surface area contributed by atoms with Crippen LogP contribution >= 0.6 is 15.9 Å². The van der Waals surface area contributed by atoms with Gasteiger partial charge in [0, 0.05) is 15.6 Å². The van der Waals surface area contributed by atoms with Crippen LogP contribution in [0.15, 0.2) is 28.9 Å². The lowest BCUT2D eigenvalue weighted by atomic mass is 10.0. The summed E-state index contributed by atoms with van der Waals surface area (Å²) in [7, 11) is 0. The fourth-order valence-electron chi connectivity index (χ4n) is 1.42. The van der Waals surface area contributed by atoms with Crippen LogP contribution in [-0.4, -0.2) is 15.3 Å². The van der Waals surface area contributed by atoms with Crippen molar-refractivity contribution in [2.24, 2.45) is 0 Å². The Morgan fingerprint density at radius 1 is 1.44 bits per heavy atom. The monoisotopic (exact) mass is 285 g/mol. The first kappa shape index (κ1) is 11.1. The molecule has 0 radical (unpaired) electrons. The first-order chi connectivity index (χ1) is 7.59. The second-order valence-electron chi connectivity index (χ2n) is 3.31. The van der Waals surface area contributed by atoms with Gasteiger partial charge in [0.1, 0.15) is 17.7 Å². The van der Waals surface area contributed by atoms with Crippen molar-refractivity contribution in [2.45, 2.75) is 6.10 Å². The van der Waals surface area contributed by atoms with Gasteiger partial charge in [-0.1, -0.05) is 15.9 Å². The standard InChI is InChI=1S/C10H9BrFN3O/c11-5-1-2-8(12)6(3-5)9(16)7-4-14-15-10(7)13/h1-4,9,16H,(H3,13,14,15). The Kier molecular flexibility index (Phi) is 2.93. The molecule has 4 N–H and O–H groups in total. The third-order valence-electron chi connectivity index (χ3n) is 2.25. The first-order valence-corrected chi connectivity index (χ1v) is 5.30. The van der Waals surface area contributed by atoms with Crippen LogP contribution in [0, 0.1) is 5.82 Å². The Labute approximate surface area is 99.4 Å². The van der Waals surface area contributed by atoms with Gasteiger partial charge in [-0.3, -0.25) is 5.10 Å². The number of hydrogen-bond acceptors (Lipinski definition) is 3. The molecular formula is C10H9BrFN3O. The molecule has 1 aromatic carbocycles. The number of benzene rings is 1. The van der Waals surface area contributed by atoms with E-state index in [2.05, 4.69) is 26.1 Å². The second kappa shape index (κ2) is 4.23. The number of nitrogens with two attached hydrogens (primary N) is 1. The number of anilines is 1. The molecule has 4 nitrogen and oxygen atoms in total. The van der Waals surface area contributed by atoms with Crippen molar-refractivity contribution in [3.05, 3.63) is 45.8 Å². The number of aromatic nitrogens is 2. The number of aromatic amines is 1. The molecule has 1 heterocycles. The molecule has 2 aromatic rings. The smallest absolute Gasteiger partial charge is 0.129 e. The lowest BCUT2D eigenvalue weighted by Crippen LogP contribution is -2.04. The zero-order valence-corrected chi connectivity index (χ0v) is 9.70. The largest absolute Gasteiger partial charge is 0.384 e. The van der Waals surface area contributed by atoms with Gasteiger partial charge in [0.2, 0.25) is 0 Å². The molecule has 2 rings (SSSR count). The van der Waals surface area contributed by atoms with Gasteiger partial charge < -0.3 is 10.8 Å². The van der Waals surface area contributed by atoms with Crippen LogP contribution < -0.4 is 5.73 Å². The Hall–Kier alpha value is -1.40. The molecule has 0 saturated carbocycles. The molecule has 0 aliphatic heterocycles. The summed E-state index contributed by atoms with van der Waals surface area (Å²) in [5.74, 6) is -0.261. The molecule has 84 valence electrons. The average Bonchev–Trinajstić information content (AvgIpc) is 2.67. The minimum Gasteiger partial charge on any atom is -0.384 e. The van der Waals surface area contributed by atoms with Crippen molar-refractivity contribution in [1.29, 1.82) is 0 Å². The SMILES string of the molecule is Nc1[nH]ncc1C(O)c1cc(Br)ccc1F. The van der Waals surface area contributed by atoms with Crippen molar-refractivity contribution in [1.82, 2.24) is 10.2 Å². The fraction of sp³-hybridized carbons (Fsp3) is 0.100. The Morgan fingerprint density at radius 3 is 2.81 bits per heavy atom. The maximum atomic E-state index is 13.5. The van der Waals surface area contributed by atoms with E-state index in [1.807, 2.05) is 0 Å². The second-order valence-corrected chi connectivity index (χ2v) is 4.22. The summed E-state index contributed by atoms with van der Waals surface area (Å²) in [5.41, 5.74) is 6.07. The van der Waals surface area contributed by atoms with Gasteiger partial charge in [-0.2, -0.15) is 5.10 Å². The Morgan fingerprint density at radius 2 is 2.19 bits per heavy atom. The summed E-state index contributed by atoms with van der Waals surface area (Å²) >= 11 is 3.21. The van der Waals surface area contributed by atoms with E-state index in [1.54, 1.807) is 6.07 Å². The van der Waals surface area contributed by atoms with E-state index in [4.69, 9.17) is 5.73 Å². The Balaban J connectivity index is 2.45. The molecule has 1 atom stereocenters. The zero-order chi connectivity index (χ0) is 11.7. The molecule has 1 unspecified atom stereocenters. The molecule has 16 heavy (non-hydrogen) atoms. The molecule has 0 saturated heterocycles. The highest BCUT2D eigenvalue weighted by atomic mass is 79.9. The number of H-pyrrole nitrogens is 1. The molecular weight excluding hydrogens is 277 g/mol. The van der Waals surface area contributed by atoms with Crippen molar-refractivity contribution in [3.8, 4) is 0 Å². The average molecular weight is 286 g/mol. The highest BCUT2D eigenvalue weighted by Crippen LogP contribution is 2.28. The molecule has 0 amide bonds. The van der Waals surface area contributed by atoms with Crippen LogP contribution in [-0.2, 0) is 0 Å². The van der Waals surface area contributed by atoms with Crippen molar-refractivity contribution >= 4 is 21.7 Å². The van der Waals surface area contributed by atoms with Crippen LogP contribution in [0.4, 0.5) is 10.2 Å². The zero-order valence-electron chi connectivity index (χ0n) is 8.11. The number of halogens is 2. The number of aliphatic hydroxyl groups is 1. The number of aliphatic hydroxyl groups excluding tert-OH is 1. The molecule has 1 aromatic heterocycles. The van der Waals surface area contributed by atoms with E-state index >= 15 is 0 Å². The summed E-state index contributed by atoms with van der Waals surface area (Å²) in [5, 5.41) is 16.1. The van der Waals surface area contributed by atoms with Crippen molar-refractivity contribution < 1.29 is 9.50 Å². The van der Waals surface area contributed by atoms with Crippen LogP contribution in [0.3, 0.4) is 0 Å². The third kappa shape index (κ3) is 1.94. The van der Waals surface area contributed by atoms with E-state index in [1.165, 1.54) is 18.3 Å². The quantitative estimate of drug-likeness (QED) is 0.790. The minimum atomic E-state index is -1.13.